The van der Waals surface area contributed by atoms with Gasteiger partial charge in [-0.05, 0) is 12.8 Å². The Labute approximate surface area is 158 Å². The third kappa shape index (κ3) is 4.49. The molecule has 2 N–H and O–H groups in total. The van der Waals surface area contributed by atoms with Crippen molar-refractivity contribution in [3.63, 3.8) is 0 Å². The van der Waals surface area contributed by atoms with Gasteiger partial charge in [-0.1, -0.05) is 0 Å². The average Bonchev–Trinajstić information content (AvgIpc) is 2.69. The van der Waals surface area contributed by atoms with Crippen LogP contribution in [-0.4, -0.2) is 103 Å². The molecular formula is C17H27N5O5. The van der Waals surface area contributed by atoms with Crippen molar-refractivity contribution in [1.82, 2.24) is 25.3 Å². The first-order valence-electron chi connectivity index (χ1n) is 9.44. The molecule has 2 atom stereocenters. The fourth-order valence-corrected chi connectivity index (χ4v) is 3.69. The second-order valence-corrected chi connectivity index (χ2v) is 7.05. The van der Waals surface area contributed by atoms with Crippen LogP contribution in [0.5, 0.6) is 0 Å². The summed E-state index contributed by atoms with van der Waals surface area (Å²) in [5.74, 6) is -0.825. The number of piperidine rings is 1. The Hall–Kier alpha value is -2.36. The zero-order chi connectivity index (χ0) is 19.4. The summed E-state index contributed by atoms with van der Waals surface area (Å²) in [5.41, 5.74) is 0. The minimum atomic E-state index is -0.795. The molecule has 150 valence electrons. The summed E-state index contributed by atoms with van der Waals surface area (Å²) < 4.78 is 5.27. The molecule has 0 unspecified atom stereocenters. The molecule has 0 aromatic heterocycles. The number of carbonyl (C=O) groups is 4. The van der Waals surface area contributed by atoms with E-state index in [0.29, 0.717) is 52.4 Å². The van der Waals surface area contributed by atoms with Gasteiger partial charge in [0.25, 0.3) is 0 Å². The summed E-state index contributed by atoms with van der Waals surface area (Å²) >= 11 is 0. The van der Waals surface area contributed by atoms with Gasteiger partial charge < -0.3 is 30.1 Å². The van der Waals surface area contributed by atoms with Crippen LogP contribution < -0.4 is 10.6 Å². The van der Waals surface area contributed by atoms with Crippen molar-refractivity contribution in [3.8, 4) is 0 Å². The highest BCUT2D eigenvalue weighted by Gasteiger charge is 2.38. The molecule has 10 nitrogen and oxygen atoms in total. The van der Waals surface area contributed by atoms with Crippen LogP contribution in [0.1, 0.15) is 19.8 Å². The van der Waals surface area contributed by atoms with Gasteiger partial charge in [0, 0.05) is 39.6 Å². The molecule has 0 spiro atoms. The molecule has 0 aromatic rings. The Morgan fingerprint density at radius 3 is 2.52 bits per heavy atom. The number of amides is 5. The lowest BCUT2D eigenvalue weighted by Crippen LogP contribution is -2.64. The smallest absolute Gasteiger partial charge is 0.320 e. The van der Waals surface area contributed by atoms with E-state index in [-0.39, 0.29) is 24.4 Å². The van der Waals surface area contributed by atoms with Crippen molar-refractivity contribution in [3.05, 3.63) is 0 Å². The molecule has 10 heteroatoms. The highest BCUT2D eigenvalue weighted by Crippen LogP contribution is 2.15. The van der Waals surface area contributed by atoms with Crippen LogP contribution in [0, 0.1) is 0 Å². The summed E-state index contributed by atoms with van der Waals surface area (Å²) in [5, 5.41) is 5.47. The van der Waals surface area contributed by atoms with Gasteiger partial charge in [0.2, 0.25) is 17.7 Å². The quantitative estimate of drug-likeness (QED) is 0.596. The maximum Gasteiger partial charge on any atom is 0.320 e. The summed E-state index contributed by atoms with van der Waals surface area (Å²) in [6, 6.07) is -1.53. The Kier molecular flexibility index (Phi) is 6.15. The lowest BCUT2D eigenvalue weighted by Gasteiger charge is -2.42. The molecule has 0 aromatic carbocycles. The van der Waals surface area contributed by atoms with Crippen LogP contribution in [0.3, 0.4) is 0 Å². The standard InChI is InChI=1S/C17H27N5O5/c1-12(23)22-6-5-21(17(26)20-7-9-27-10-8-20)11-14(22)16(25)19-13-3-2-4-18-15(13)24/h13-14H,2-11H2,1H3,(H,18,24)(H,19,25)/t13-,14-/m0/s1. The number of carbonyl (C=O) groups excluding carboxylic acids is 4. The first kappa shape index (κ1) is 19.4. The molecule has 0 bridgehead atoms. The third-order valence-electron chi connectivity index (χ3n) is 5.24. The Balaban J connectivity index is 1.66. The largest absolute Gasteiger partial charge is 0.378 e. The molecule has 0 aliphatic carbocycles. The van der Waals surface area contributed by atoms with Crippen LogP contribution in [-0.2, 0) is 19.1 Å². The van der Waals surface area contributed by atoms with E-state index in [1.807, 2.05) is 0 Å². The highest BCUT2D eigenvalue weighted by molar-refractivity contribution is 5.92. The van der Waals surface area contributed by atoms with Gasteiger partial charge in [0.05, 0.1) is 19.8 Å². The van der Waals surface area contributed by atoms with E-state index >= 15 is 0 Å². The maximum absolute atomic E-state index is 12.8. The maximum atomic E-state index is 12.8. The first-order valence-corrected chi connectivity index (χ1v) is 9.44. The second-order valence-electron chi connectivity index (χ2n) is 7.05. The predicted octanol–water partition coefficient (Wildman–Crippen LogP) is -1.63. The van der Waals surface area contributed by atoms with Crippen LogP contribution in [0.2, 0.25) is 0 Å². The third-order valence-corrected chi connectivity index (χ3v) is 5.24. The van der Waals surface area contributed by atoms with Crippen molar-refractivity contribution in [2.24, 2.45) is 0 Å². The molecule has 3 rings (SSSR count). The number of nitrogens with zero attached hydrogens (tertiary/aromatic N) is 3. The van der Waals surface area contributed by atoms with Crippen molar-refractivity contribution < 1.29 is 23.9 Å². The Bertz CT molecular complexity index is 607. The minimum Gasteiger partial charge on any atom is -0.378 e. The minimum absolute atomic E-state index is 0.121. The van der Waals surface area contributed by atoms with Gasteiger partial charge in [0.1, 0.15) is 12.1 Å². The number of hydrogen-bond donors (Lipinski definition) is 2. The topological polar surface area (TPSA) is 111 Å². The summed E-state index contributed by atoms with van der Waals surface area (Å²) in [6.45, 7) is 4.85. The molecular weight excluding hydrogens is 354 g/mol. The monoisotopic (exact) mass is 381 g/mol. The van der Waals surface area contributed by atoms with Gasteiger partial charge in [0.15, 0.2) is 0 Å². The zero-order valence-electron chi connectivity index (χ0n) is 15.6. The molecule has 3 aliphatic rings. The van der Waals surface area contributed by atoms with Gasteiger partial charge in [-0.2, -0.15) is 0 Å². The lowest BCUT2D eigenvalue weighted by molar-refractivity contribution is -0.143. The lowest BCUT2D eigenvalue weighted by atomic mass is 10.1. The van der Waals surface area contributed by atoms with E-state index in [4.69, 9.17) is 4.74 Å². The number of nitrogens with one attached hydrogen (secondary N) is 2. The number of morpholine rings is 1. The molecule has 5 amide bonds. The fourth-order valence-electron chi connectivity index (χ4n) is 3.69. The highest BCUT2D eigenvalue weighted by atomic mass is 16.5. The molecule has 0 radical (unpaired) electrons. The van der Waals surface area contributed by atoms with Crippen LogP contribution >= 0.6 is 0 Å². The fraction of sp³-hybridized carbons (Fsp3) is 0.765. The molecule has 27 heavy (non-hydrogen) atoms. The average molecular weight is 381 g/mol. The summed E-state index contributed by atoms with van der Waals surface area (Å²) in [7, 11) is 0. The molecule has 3 heterocycles. The normalized spacial score (nSPS) is 26.4. The van der Waals surface area contributed by atoms with Crippen LogP contribution in [0.15, 0.2) is 0 Å². The van der Waals surface area contributed by atoms with E-state index in [2.05, 4.69) is 10.6 Å². The number of hydrogen-bond acceptors (Lipinski definition) is 5. The van der Waals surface area contributed by atoms with Crippen molar-refractivity contribution in [2.75, 3.05) is 52.5 Å². The Morgan fingerprint density at radius 1 is 1.11 bits per heavy atom. The van der Waals surface area contributed by atoms with Gasteiger partial charge in [-0.15, -0.1) is 0 Å². The Morgan fingerprint density at radius 2 is 1.85 bits per heavy atom. The van der Waals surface area contributed by atoms with Crippen molar-refractivity contribution in [2.45, 2.75) is 31.8 Å². The zero-order valence-corrected chi connectivity index (χ0v) is 15.6. The van der Waals surface area contributed by atoms with Gasteiger partial charge in [-0.25, -0.2) is 4.79 Å². The molecule has 3 fully saturated rings. The van der Waals surface area contributed by atoms with E-state index < -0.39 is 18.0 Å². The van der Waals surface area contributed by atoms with E-state index in [9.17, 15) is 19.2 Å². The van der Waals surface area contributed by atoms with Crippen molar-refractivity contribution in [1.29, 1.82) is 0 Å². The van der Waals surface area contributed by atoms with E-state index in [0.717, 1.165) is 6.42 Å². The number of urea groups is 1. The molecule has 3 aliphatic heterocycles. The summed E-state index contributed by atoms with van der Waals surface area (Å²) in [6.07, 6.45) is 1.36. The number of piperazine rings is 1. The number of ether oxygens (including phenoxy) is 1. The van der Waals surface area contributed by atoms with Crippen LogP contribution in [0.4, 0.5) is 4.79 Å². The first-order chi connectivity index (χ1) is 13.0. The number of rotatable bonds is 2. The van der Waals surface area contributed by atoms with Gasteiger partial charge >= 0.3 is 6.03 Å². The van der Waals surface area contributed by atoms with Crippen LogP contribution in [0.25, 0.3) is 0 Å². The SMILES string of the molecule is CC(=O)N1CCN(C(=O)N2CCOCC2)C[C@H]1C(=O)N[C@H]1CCCNC1=O. The van der Waals surface area contributed by atoms with E-state index in [1.54, 1.807) is 9.80 Å². The molecule has 3 saturated heterocycles. The van der Waals surface area contributed by atoms with E-state index in [1.165, 1.54) is 11.8 Å². The van der Waals surface area contributed by atoms with Gasteiger partial charge in [-0.3, -0.25) is 14.4 Å². The predicted molar refractivity (Wildman–Crippen MR) is 94.7 cm³/mol. The van der Waals surface area contributed by atoms with Crippen molar-refractivity contribution >= 4 is 23.8 Å². The summed E-state index contributed by atoms with van der Waals surface area (Å²) in [4.78, 5) is 54.2. The second kappa shape index (κ2) is 8.55. The molecule has 0 saturated carbocycles.